The predicted octanol–water partition coefficient (Wildman–Crippen LogP) is 2.11. The van der Waals surface area contributed by atoms with E-state index >= 15 is 0 Å². The average molecular weight is 306 g/mol. The molecule has 112 valence electrons. The summed E-state index contributed by atoms with van der Waals surface area (Å²) in [5, 5.41) is 4.23. The minimum Gasteiger partial charge on any atom is -0.262 e. The number of anilines is 1. The third kappa shape index (κ3) is 2.65. The standard InChI is InChI=1S/C14H18N4O2S/c1-9-6-7-15-14(13(9)11-4-5-11)17-21(19,20)12-8-10(2)16-18(12)3/h6-8,11H,4-5H2,1-3H3,(H,15,17). The minimum atomic E-state index is -3.68. The molecule has 2 aromatic rings. The number of pyridine rings is 1. The molecule has 1 fully saturated rings. The van der Waals surface area contributed by atoms with Gasteiger partial charge in [-0.2, -0.15) is 13.5 Å². The molecule has 0 atom stereocenters. The second-order valence-electron chi connectivity index (χ2n) is 5.52. The van der Waals surface area contributed by atoms with E-state index in [1.807, 2.05) is 13.0 Å². The molecule has 0 bridgehead atoms. The summed E-state index contributed by atoms with van der Waals surface area (Å²) in [6.07, 6.45) is 3.81. The van der Waals surface area contributed by atoms with Crippen molar-refractivity contribution in [2.24, 2.45) is 7.05 Å². The Balaban J connectivity index is 2.00. The van der Waals surface area contributed by atoms with Crippen LogP contribution in [0.3, 0.4) is 0 Å². The van der Waals surface area contributed by atoms with Crippen LogP contribution in [0.15, 0.2) is 23.4 Å². The van der Waals surface area contributed by atoms with Gasteiger partial charge in [-0.15, -0.1) is 0 Å². The van der Waals surface area contributed by atoms with E-state index in [1.165, 1.54) is 4.68 Å². The summed E-state index contributed by atoms with van der Waals surface area (Å²) < 4.78 is 29.0. The number of hydrogen-bond acceptors (Lipinski definition) is 4. The number of hydrogen-bond donors (Lipinski definition) is 1. The largest absolute Gasteiger partial charge is 0.280 e. The van der Waals surface area contributed by atoms with Crippen LogP contribution in [-0.4, -0.2) is 23.2 Å². The first kappa shape index (κ1) is 14.1. The zero-order chi connectivity index (χ0) is 15.2. The summed E-state index contributed by atoms with van der Waals surface area (Å²) in [6, 6.07) is 3.47. The van der Waals surface area contributed by atoms with E-state index in [9.17, 15) is 8.42 Å². The molecule has 6 nitrogen and oxygen atoms in total. The van der Waals surface area contributed by atoms with Crippen molar-refractivity contribution >= 4 is 15.8 Å². The molecule has 7 heteroatoms. The molecular weight excluding hydrogens is 288 g/mol. The van der Waals surface area contributed by atoms with Crippen LogP contribution in [0, 0.1) is 13.8 Å². The Bertz CT molecular complexity index is 791. The molecule has 1 aliphatic rings. The van der Waals surface area contributed by atoms with Crippen molar-refractivity contribution in [1.29, 1.82) is 0 Å². The lowest BCUT2D eigenvalue weighted by molar-refractivity contribution is 0.581. The Morgan fingerprint density at radius 3 is 2.62 bits per heavy atom. The highest BCUT2D eigenvalue weighted by atomic mass is 32.2. The van der Waals surface area contributed by atoms with Crippen LogP contribution in [-0.2, 0) is 17.1 Å². The molecule has 1 aliphatic carbocycles. The number of aromatic nitrogens is 3. The van der Waals surface area contributed by atoms with Gasteiger partial charge in [0.1, 0.15) is 5.82 Å². The molecule has 0 unspecified atom stereocenters. The zero-order valence-electron chi connectivity index (χ0n) is 12.3. The molecule has 0 aromatic carbocycles. The second kappa shape index (κ2) is 4.84. The van der Waals surface area contributed by atoms with Crippen LogP contribution in [0.4, 0.5) is 5.82 Å². The summed E-state index contributed by atoms with van der Waals surface area (Å²) in [5.74, 6) is 0.862. The first-order valence-corrected chi connectivity index (χ1v) is 8.36. The predicted molar refractivity (Wildman–Crippen MR) is 79.7 cm³/mol. The maximum atomic E-state index is 12.5. The van der Waals surface area contributed by atoms with E-state index in [4.69, 9.17) is 0 Å². The lowest BCUT2D eigenvalue weighted by Gasteiger charge is -2.13. The molecule has 0 aliphatic heterocycles. The fourth-order valence-electron chi connectivity index (χ4n) is 2.56. The number of sulfonamides is 1. The van der Waals surface area contributed by atoms with Crippen molar-refractivity contribution in [2.45, 2.75) is 37.6 Å². The molecule has 0 spiro atoms. The molecule has 0 radical (unpaired) electrons. The second-order valence-corrected chi connectivity index (χ2v) is 7.15. The number of nitrogens with zero attached hydrogens (tertiary/aromatic N) is 3. The highest BCUT2D eigenvalue weighted by Gasteiger charge is 2.30. The van der Waals surface area contributed by atoms with Gasteiger partial charge in [0, 0.05) is 18.8 Å². The first-order valence-electron chi connectivity index (χ1n) is 6.87. The maximum Gasteiger partial charge on any atom is 0.280 e. The Morgan fingerprint density at radius 2 is 2.05 bits per heavy atom. The fraction of sp³-hybridized carbons (Fsp3) is 0.429. The van der Waals surface area contributed by atoms with Gasteiger partial charge in [0.25, 0.3) is 10.0 Å². The molecule has 21 heavy (non-hydrogen) atoms. The van der Waals surface area contributed by atoms with Crippen molar-refractivity contribution < 1.29 is 8.42 Å². The van der Waals surface area contributed by atoms with E-state index in [0.717, 1.165) is 24.0 Å². The molecule has 0 saturated heterocycles. The topological polar surface area (TPSA) is 76.9 Å². The van der Waals surface area contributed by atoms with Crippen molar-refractivity contribution in [3.8, 4) is 0 Å². The monoisotopic (exact) mass is 306 g/mol. The molecule has 1 saturated carbocycles. The number of nitrogens with one attached hydrogen (secondary N) is 1. The summed E-state index contributed by atoms with van der Waals surface area (Å²) in [5.41, 5.74) is 2.75. The van der Waals surface area contributed by atoms with Crippen LogP contribution in [0.25, 0.3) is 0 Å². The normalized spacial score (nSPS) is 15.2. The van der Waals surface area contributed by atoms with Gasteiger partial charge in [-0.05, 0) is 50.3 Å². The van der Waals surface area contributed by atoms with E-state index in [1.54, 1.807) is 26.2 Å². The minimum absolute atomic E-state index is 0.144. The summed E-state index contributed by atoms with van der Waals surface area (Å²) in [6.45, 7) is 3.75. The first-order chi connectivity index (χ1) is 9.88. The van der Waals surface area contributed by atoms with Crippen LogP contribution < -0.4 is 4.72 Å². The molecular formula is C14H18N4O2S. The van der Waals surface area contributed by atoms with Crippen LogP contribution >= 0.6 is 0 Å². The molecule has 1 N–H and O–H groups in total. The van der Waals surface area contributed by atoms with Crippen LogP contribution in [0.1, 0.15) is 35.6 Å². The average Bonchev–Trinajstić information content (AvgIpc) is 3.14. The SMILES string of the molecule is Cc1cc(S(=O)(=O)Nc2nccc(C)c2C2CC2)n(C)n1. The molecule has 0 amide bonds. The third-order valence-electron chi connectivity index (χ3n) is 3.66. The van der Waals surface area contributed by atoms with Crippen LogP contribution in [0.2, 0.25) is 0 Å². The Kier molecular flexibility index (Phi) is 3.24. The van der Waals surface area contributed by atoms with Gasteiger partial charge in [0.05, 0.1) is 5.69 Å². The van der Waals surface area contributed by atoms with E-state index in [2.05, 4.69) is 14.8 Å². The van der Waals surface area contributed by atoms with E-state index < -0.39 is 10.0 Å². The zero-order valence-corrected chi connectivity index (χ0v) is 13.1. The highest BCUT2D eigenvalue weighted by Crippen LogP contribution is 2.44. The van der Waals surface area contributed by atoms with Gasteiger partial charge < -0.3 is 0 Å². The Hall–Kier alpha value is -1.89. The van der Waals surface area contributed by atoms with Gasteiger partial charge in [0.15, 0.2) is 5.03 Å². The van der Waals surface area contributed by atoms with Crippen molar-refractivity contribution in [3.05, 3.63) is 35.2 Å². The van der Waals surface area contributed by atoms with E-state index in [-0.39, 0.29) is 5.03 Å². The molecule has 3 rings (SSSR count). The number of aryl methyl sites for hydroxylation is 3. The van der Waals surface area contributed by atoms with Gasteiger partial charge in [-0.3, -0.25) is 9.40 Å². The van der Waals surface area contributed by atoms with Crippen LogP contribution in [0.5, 0.6) is 0 Å². The van der Waals surface area contributed by atoms with E-state index in [0.29, 0.717) is 17.4 Å². The lowest BCUT2D eigenvalue weighted by Crippen LogP contribution is -2.18. The highest BCUT2D eigenvalue weighted by molar-refractivity contribution is 7.92. The smallest absolute Gasteiger partial charge is 0.262 e. The number of rotatable bonds is 4. The van der Waals surface area contributed by atoms with Gasteiger partial charge in [-0.25, -0.2) is 4.98 Å². The Labute approximate surface area is 124 Å². The van der Waals surface area contributed by atoms with Crippen molar-refractivity contribution in [1.82, 2.24) is 14.8 Å². The molecule has 2 aromatic heterocycles. The van der Waals surface area contributed by atoms with Gasteiger partial charge in [-0.1, -0.05) is 0 Å². The fourth-order valence-corrected chi connectivity index (χ4v) is 3.79. The Morgan fingerprint density at radius 1 is 1.33 bits per heavy atom. The quantitative estimate of drug-likeness (QED) is 0.938. The summed E-state index contributed by atoms with van der Waals surface area (Å²) >= 11 is 0. The van der Waals surface area contributed by atoms with Crippen molar-refractivity contribution in [2.75, 3.05) is 4.72 Å². The van der Waals surface area contributed by atoms with Gasteiger partial charge in [0.2, 0.25) is 0 Å². The summed E-state index contributed by atoms with van der Waals surface area (Å²) in [7, 11) is -2.06. The lowest BCUT2D eigenvalue weighted by atomic mass is 10.1. The maximum absolute atomic E-state index is 12.5. The van der Waals surface area contributed by atoms with Crippen molar-refractivity contribution in [3.63, 3.8) is 0 Å². The summed E-state index contributed by atoms with van der Waals surface area (Å²) in [4.78, 5) is 4.23. The molecule has 2 heterocycles. The van der Waals surface area contributed by atoms with Gasteiger partial charge >= 0.3 is 0 Å². The third-order valence-corrected chi connectivity index (χ3v) is 5.05.